The van der Waals surface area contributed by atoms with Crippen molar-refractivity contribution in [1.82, 2.24) is 0 Å². The topological polar surface area (TPSA) is 26.3 Å². The van der Waals surface area contributed by atoms with Gasteiger partial charge in [0.1, 0.15) is 10.8 Å². The van der Waals surface area contributed by atoms with E-state index in [-0.39, 0.29) is 6.47 Å². The molecule has 2 nitrogen and oxygen atoms in total. The Balaban J connectivity index is 3.16. The minimum absolute atomic E-state index is 0.0344. The maximum Gasteiger partial charge on any atom is 0.298 e. The quantitative estimate of drug-likeness (QED) is 0.530. The highest BCUT2D eigenvalue weighted by atomic mass is 35.5. The van der Waals surface area contributed by atoms with Crippen LogP contribution >= 0.6 is 11.6 Å². The maximum atomic E-state index is 12.8. The predicted molar refractivity (Wildman–Crippen MR) is 38.1 cm³/mol. The van der Waals surface area contributed by atoms with Crippen molar-refractivity contribution >= 4 is 18.1 Å². The second-order valence-electron chi connectivity index (χ2n) is 1.89. The van der Waals surface area contributed by atoms with Crippen molar-refractivity contribution in [1.29, 1.82) is 0 Å². The first-order valence-electron chi connectivity index (χ1n) is 2.90. The summed E-state index contributed by atoms with van der Waals surface area (Å²) in [7, 11) is 0. The van der Waals surface area contributed by atoms with Crippen LogP contribution < -0.4 is 4.74 Å². The Morgan fingerprint density at radius 2 is 2.08 bits per heavy atom. The Kier molecular flexibility index (Phi) is 2.60. The molecule has 0 N–H and O–H groups in total. The van der Waals surface area contributed by atoms with E-state index in [1.165, 1.54) is 0 Å². The van der Waals surface area contributed by atoms with Crippen molar-refractivity contribution in [2.75, 3.05) is 0 Å². The van der Waals surface area contributed by atoms with E-state index in [9.17, 15) is 13.6 Å². The van der Waals surface area contributed by atoms with Crippen LogP contribution in [-0.4, -0.2) is 6.47 Å². The first-order valence-corrected chi connectivity index (χ1v) is 3.28. The number of carbonyl (C=O) groups excluding carboxylic acids is 1. The fourth-order valence-electron chi connectivity index (χ4n) is 0.651. The summed E-state index contributed by atoms with van der Waals surface area (Å²) in [5.41, 5.74) is 0. The number of hydrogen-bond donors (Lipinski definition) is 0. The standard InChI is InChI=1S/C7H3ClF2O2/c8-6-4(9)1-2-5(7(6)10)12-3-11/h1-3H. The van der Waals surface area contributed by atoms with Gasteiger partial charge < -0.3 is 4.74 Å². The summed E-state index contributed by atoms with van der Waals surface area (Å²) in [4.78, 5) is 9.80. The van der Waals surface area contributed by atoms with Gasteiger partial charge in [-0.25, -0.2) is 8.78 Å². The molecule has 0 fully saturated rings. The number of rotatable bonds is 2. The zero-order chi connectivity index (χ0) is 9.14. The highest BCUT2D eigenvalue weighted by Crippen LogP contribution is 2.26. The first kappa shape index (κ1) is 8.93. The molecule has 64 valence electrons. The van der Waals surface area contributed by atoms with E-state index in [0.29, 0.717) is 0 Å². The van der Waals surface area contributed by atoms with Crippen LogP contribution in [0.4, 0.5) is 8.78 Å². The van der Waals surface area contributed by atoms with Gasteiger partial charge >= 0.3 is 0 Å². The predicted octanol–water partition coefficient (Wildman–Crippen LogP) is 2.15. The second-order valence-corrected chi connectivity index (χ2v) is 2.27. The molecule has 1 aromatic carbocycles. The van der Waals surface area contributed by atoms with E-state index in [0.717, 1.165) is 12.1 Å². The molecule has 1 rings (SSSR count). The van der Waals surface area contributed by atoms with Gasteiger partial charge in [0.2, 0.25) is 0 Å². The lowest BCUT2D eigenvalue weighted by atomic mass is 10.3. The van der Waals surface area contributed by atoms with Crippen LogP contribution in [0.25, 0.3) is 0 Å². The monoisotopic (exact) mass is 192 g/mol. The number of hydrogen-bond acceptors (Lipinski definition) is 2. The van der Waals surface area contributed by atoms with Gasteiger partial charge in [-0.1, -0.05) is 11.6 Å². The highest BCUT2D eigenvalue weighted by Gasteiger charge is 2.11. The van der Waals surface area contributed by atoms with E-state index >= 15 is 0 Å². The van der Waals surface area contributed by atoms with Crippen LogP contribution in [0.5, 0.6) is 5.75 Å². The summed E-state index contributed by atoms with van der Waals surface area (Å²) in [6, 6.07) is 1.88. The van der Waals surface area contributed by atoms with Crippen molar-refractivity contribution in [2.45, 2.75) is 0 Å². The van der Waals surface area contributed by atoms with Crippen LogP contribution in [0.15, 0.2) is 12.1 Å². The highest BCUT2D eigenvalue weighted by molar-refractivity contribution is 6.31. The van der Waals surface area contributed by atoms with Crippen molar-refractivity contribution in [3.63, 3.8) is 0 Å². The van der Waals surface area contributed by atoms with Gasteiger partial charge in [-0.15, -0.1) is 0 Å². The Hall–Kier alpha value is -1.16. The van der Waals surface area contributed by atoms with E-state index in [4.69, 9.17) is 11.6 Å². The molecule has 0 saturated heterocycles. The van der Waals surface area contributed by atoms with Crippen molar-refractivity contribution in [3.05, 3.63) is 28.8 Å². The third kappa shape index (κ3) is 1.53. The molecular formula is C7H3ClF2O2. The summed E-state index contributed by atoms with van der Waals surface area (Å²) >= 11 is 5.17. The molecule has 0 spiro atoms. The lowest BCUT2D eigenvalue weighted by Gasteiger charge is -2.01. The third-order valence-electron chi connectivity index (χ3n) is 1.17. The fraction of sp³-hybridized carbons (Fsp3) is 0. The number of halogens is 3. The molecule has 0 atom stereocenters. The molecule has 0 aromatic heterocycles. The van der Waals surface area contributed by atoms with E-state index in [2.05, 4.69) is 4.74 Å². The molecule has 0 heterocycles. The Morgan fingerprint density at radius 1 is 1.42 bits per heavy atom. The largest absolute Gasteiger partial charge is 0.426 e. The minimum Gasteiger partial charge on any atom is -0.426 e. The van der Waals surface area contributed by atoms with Crippen LogP contribution in [0.1, 0.15) is 0 Å². The van der Waals surface area contributed by atoms with Crippen LogP contribution in [0.2, 0.25) is 5.02 Å². The SMILES string of the molecule is O=COc1ccc(F)c(Cl)c1F. The van der Waals surface area contributed by atoms with Gasteiger partial charge in [-0.2, -0.15) is 0 Å². The van der Waals surface area contributed by atoms with Crippen LogP contribution in [0, 0.1) is 11.6 Å². The molecule has 12 heavy (non-hydrogen) atoms. The zero-order valence-corrected chi connectivity index (χ0v) is 6.44. The average molecular weight is 193 g/mol. The Labute approximate surface area is 71.7 Å². The summed E-state index contributed by atoms with van der Waals surface area (Å²) in [5.74, 6) is -2.37. The zero-order valence-electron chi connectivity index (χ0n) is 5.68. The van der Waals surface area contributed by atoms with Crippen molar-refractivity contribution in [2.24, 2.45) is 0 Å². The van der Waals surface area contributed by atoms with Crippen LogP contribution in [0.3, 0.4) is 0 Å². The maximum absolute atomic E-state index is 12.8. The summed E-state index contributed by atoms with van der Waals surface area (Å²) in [6.45, 7) is 0.0344. The Morgan fingerprint density at radius 3 is 2.67 bits per heavy atom. The normalized spacial score (nSPS) is 9.58. The Bertz CT molecular complexity index is 315. The molecule has 0 bridgehead atoms. The third-order valence-corrected chi connectivity index (χ3v) is 1.52. The molecular weight excluding hydrogens is 190 g/mol. The summed E-state index contributed by atoms with van der Waals surface area (Å²) < 4.78 is 29.4. The molecule has 1 aromatic rings. The van der Waals surface area contributed by atoms with E-state index in [1.807, 2.05) is 0 Å². The molecule has 0 saturated carbocycles. The van der Waals surface area contributed by atoms with E-state index < -0.39 is 22.4 Å². The second kappa shape index (κ2) is 3.49. The molecule has 0 unspecified atom stereocenters. The van der Waals surface area contributed by atoms with Gasteiger partial charge in [-0.05, 0) is 12.1 Å². The smallest absolute Gasteiger partial charge is 0.298 e. The van der Waals surface area contributed by atoms with Crippen LogP contribution in [-0.2, 0) is 4.79 Å². The van der Waals surface area contributed by atoms with Crippen molar-refractivity contribution < 1.29 is 18.3 Å². The van der Waals surface area contributed by atoms with Gasteiger partial charge in [0.05, 0.1) is 0 Å². The molecule has 5 heteroatoms. The average Bonchev–Trinajstić information content (AvgIpc) is 2.07. The molecule has 0 amide bonds. The van der Waals surface area contributed by atoms with Gasteiger partial charge in [0.25, 0.3) is 6.47 Å². The first-order chi connectivity index (χ1) is 5.66. The molecule has 0 aliphatic rings. The summed E-state index contributed by atoms with van der Waals surface area (Å²) in [6.07, 6.45) is 0. The lowest BCUT2D eigenvalue weighted by Crippen LogP contribution is -1.94. The molecule has 0 radical (unpaired) electrons. The lowest BCUT2D eigenvalue weighted by molar-refractivity contribution is -0.120. The van der Waals surface area contributed by atoms with Gasteiger partial charge in [0, 0.05) is 0 Å². The molecule has 0 aliphatic heterocycles. The van der Waals surface area contributed by atoms with Gasteiger partial charge in [0.15, 0.2) is 11.6 Å². The fourth-order valence-corrected chi connectivity index (χ4v) is 0.807. The molecule has 0 aliphatic carbocycles. The van der Waals surface area contributed by atoms with Crippen molar-refractivity contribution in [3.8, 4) is 5.75 Å². The number of benzene rings is 1. The number of carbonyl (C=O) groups is 1. The summed E-state index contributed by atoms with van der Waals surface area (Å²) in [5, 5.41) is -0.686. The minimum atomic E-state index is -1.08. The van der Waals surface area contributed by atoms with Gasteiger partial charge in [-0.3, -0.25) is 4.79 Å². The number of ether oxygens (including phenoxy) is 1. The van der Waals surface area contributed by atoms with E-state index in [1.54, 1.807) is 0 Å².